The third-order valence-corrected chi connectivity index (χ3v) is 3.85. The van der Waals surface area contributed by atoms with E-state index in [9.17, 15) is 23.1 Å². The fraction of sp³-hybridized carbons (Fsp3) is 0.471. The molecular weight excluding hydrogens is 307 g/mol. The molecule has 1 aromatic rings. The highest BCUT2D eigenvalue weighted by Crippen LogP contribution is 2.39. The summed E-state index contributed by atoms with van der Waals surface area (Å²) in [5, 5.41) is 12.5. The molecule has 6 heteroatoms. The minimum absolute atomic E-state index is 0.00795. The van der Waals surface area contributed by atoms with Gasteiger partial charge in [-0.15, -0.1) is 0 Å². The molecule has 1 aromatic carbocycles. The van der Waals surface area contributed by atoms with Crippen LogP contribution < -0.4 is 5.32 Å². The van der Waals surface area contributed by atoms with Crippen molar-refractivity contribution in [2.45, 2.75) is 45.5 Å². The first-order valence-electron chi connectivity index (χ1n) is 7.39. The average Bonchev–Trinajstić information content (AvgIpc) is 2.43. The number of aliphatic hydroxyl groups excluding tert-OH is 1. The molecule has 2 N–H and O–H groups in total. The van der Waals surface area contributed by atoms with E-state index in [4.69, 9.17) is 0 Å². The van der Waals surface area contributed by atoms with Crippen LogP contribution >= 0.6 is 0 Å². The number of rotatable bonds is 4. The first-order valence-corrected chi connectivity index (χ1v) is 7.39. The quantitative estimate of drug-likeness (QED) is 0.892. The van der Waals surface area contributed by atoms with Crippen molar-refractivity contribution in [3.63, 3.8) is 0 Å². The van der Waals surface area contributed by atoms with E-state index in [0.717, 1.165) is 5.56 Å². The maximum absolute atomic E-state index is 12.9. The molecule has 0 saturated heterocycles. The van der Waals surface area contributed by atoms with Crippen LogP contribution in [0, 0.1) is 5.41 Å². The van der Waals surface area contributed by atoms with Crippen LogP contribution in [-0.2, 0) is 11.3 Å². The van der Waals surface area contributed by atoms with Crippen molar-refractivity contribution in [2.75, 3.05) is 0 Å². The maximum Gasteiger partial charge on any atom is 0.418 e. The fourth-order valence-electron chi connectivity index (χ4n) is 2.78. The lowest BCUT2D eigenvalue weighted by atomic mass is 9.74. The number of allylic oxidation sites excluding steroid dienone is 1. The zero-order valence-corrected chi connectivity index (χ0v) is 13.1. The van der Waals surface area contributed by atoms with Crippen molar-refractivity contribution in [3.05, 3.63) is 47.2 Å². The highest BCUT2D eigenvalue weighted by Gasteiger charge is 2.47. The van der Waals surface area contributed by atoms with Crippen LogP contribution in [0.5, 0.6) is 0 Å². The summed E-state index contributed by atoms with van der Waals surface area (Å²) in [6.45, 7) is 3.95. The van der Waals surface area contributed by atoms with Gasteiger partial charge < -0.3 is 10.4 Å². The molecule has 0 aromatic heterocycles. The van der Waals surface area contributed by atoms with Crippen LogP contribution in [0.2, 0.25) is 0 Å². The number of hydrogen-bond acceptors (Lipinski definition) is 3. The lowest BCUT2D eigenvalue weighted by Crippen LogP contribution is -2.41. The normalized spacial score (nSPS) is 19.7. The predicted octanol–water partition coefficient (Wildman–Crippen LogP) is 3.34. The number of alkyl halides is 3. The number of benzene rings is 1. The fourth-order valence-corrected chi connectivity index (χ4v) is 2.78. The minimum Gasteiger partial charge on any atom is -0.384 e. The molecule has 0 amide bonds. The summed E-state index contributed by atoms with van der Waals surface area (Å²) in [4.78, 5) is 12.2. The Bertz CT molecular complexity index is 606. The number of carbonyl (C=O) groups excluding carboxylic acids is 1. The van der Waals surface area contributed by atoms with E-state index in [2.05, 4.69) is 5.32 Å². The molecule has 23 heavy (non-hydrogen) atoms. The molecule has 1 unspecified atom stereocenters. The minimum atomic E-state index is -4.86. The lowest BCUT2D eigenvalue weighted by molar-refractivity contribution is -0.193. The van der Waals surface area contributed by atoms with Crippen LogP contribution in [0.25, 0.3) is 0 Å². The van der Waals surface area contributed by atoms with E-state index in [0.29, 0.717) is 6.54 Å². The smallest absolute Gasteiger partial charge is 0.384 e. The Labute approximate surface area is 133 Å². The Kier molecular flexibility index (Phi) is 4.84. The number of aliphatic hydroxyl groups is 1. The lowest BCUT2D eigenvalue weighted by Gasteiger charge is -2.34. The Morgan fingerprint density at radius 1 is 1.22 bits per heavy atom. The summed E-state index contributed by atoms with van der Waals surface area (Å²) >= 11 is 0. The predicted molar refractivity (Wildman–Crippen MR) is 80.4 cm³/mol. The number of Topliss-reactive ketones (excluding diaryl/α,β-unsaturated/α-hetero) is 1. The zero-order valence-electron chi connectivity index (χ0n) is 13.1. The van der Waals surface area contributed by atoms with Crippen LogP contribution in [0.3, 0.4) is 0 Å². The topological polar surface area (TPSA) is 49.3 Å². The highest BCUT2D eigenvalue weighted by atomic mass is 19.4. The van der Waals surface area contributed by atoms with Crippen LogP contribution in [0.1, 0.15) is 32.3 Å². The number of hydrogen-bond donors (Lipinski definition) is 2. The number of carbonyl (C=O) groups is 1. The molecule has 0 saturated carbocycles. The molecule has 1 atom stereocenters. The van der Waals surface area contributed by atoms with E-state index < -0.39 is 29.1 Å². The molecule has 1 aliphatic rings. The standard InChI is InChI=1S/C17H20F3NO2/c1-16(2)8-12(21-10-11-6-4-3-5-7-11)14(13(22)9-16)15(23)17(18,19)20/h3-7,15,21,23H,8-10H2,1-2H3. The van der Waals surface area contributed by atoms with Gasteiger partial charge in [0.1, 0.15) is 0 Å². The van der Waals surface area contributed by atoms with Crippen molar-refractivity contribution in [1.29, 1.82) is 0 Å². The summed E-state index contributed by atoms with van der Waals surface area (Å²) < 4.78 is 38.6. The summed E-state index contributed by atoms with van der Waals surface area (Å²) in [7, 11) is 0. The van der Waals surface area contributed by atoms with Gasteiger partial charge in [0.15, 0.2) is 11.9 Å². The number of nitrogens with one attached hydrogen (secondary N) is 1. The third-order valence-electron chi connectivity index (χ3n) is 3.85. The van der Waals surface area contributed by atoms with Gasteiger partial charge in [0.2, 0.25) is 0 Å². The molecular formula is C17H20F3NO2. The van der Waals surface area contributed by atoms with Gasteiger partial charge in [-0.25, -0.2) is 0 Å². The largest absolute Gasteiger partial charge is 0.418 e. The molecule has 0 spiro atoms. The number of halogens is 3. The Balaban J connectivity index is 2.31. The third kappa shape index (κ3) is 4.34. The molecule has 0 radical (unpaired) electrons. The van der Waals surface area contributed by atoms with Crippen LogP contribution in [-0.4, -0.2) is 23.2 Å². The van der Waals surface area contributed by atoms with Crippen molar-refractivity contribution in [1.82, 2.24) is 5.32 Å². The van der Waals surface area contributed by atoms with Crippen molar-refractivity contribution in [2.24, 2.45) is 5.41 Å². The first kappa shape index (κ1) is 17.5. The number of ketones is 1. The Morgan fingerprint density at radius 2 is 1.83 bits per heavy atom. The molecule has 126 valence electrons. The first-order chi connectivity index (χ1) is 10.6. The van der Waals surface area contributed by atoms with Gasteiger partial charge in [-0.05, 0) is 17.4 Å². The summed E-state index contributed by atoms with van der Waals surface area (Å²) in [6.07, 6.45) is -7.32. The van der Waals surface area contributed by atoms with Crippen LogP contribution in [0.15, 0.2) is 41.6 Å². The second-order valence-electron chi connectivity index (χ2n) is 6.62. The molecule has 0 aliphatic heterocycles. The summed E-state index contributed by atoms with van der Waals surface area (Å²) in [5.41, 5.74) is 0.0784. The maximum atomic E-state index is 12.9. The van der Waals surface area contributed by atoms with E-state index >= 15 is 0 Å². The van der Waals surface area contributed by atoms with Gasteiger partial charge in [-0.2, -0.15) is 13.2 Å². The van der Waals surface area contributed by atoms with Gasteiger partial charge in [0.05, 0.1) is 5.57 Å². The molecule has 0 bridgehead atoms. The van der Waals surface area contributed by atoms with E-state index in [1.807, 2.05) is 44.2 Å². The van der Waals surface area contributed by atoms with Gasteiger partial charge in [-0.3, -0.25) is 4.79 Å². The van der Waals surface area contributed by atoms with Gasteiger partial charge in [0, 0.05) is 18.7 Å². The van der Waals surface area contributed by atoms with Gasteiger partial charge >= 0.3 is 6.18 Å². The molecule has 3 nitrogen and oxygen atoms in total. The Hall–Kier alpha value is -1.82. The molecule has 2 rings (SSSR count). The zero-order chi connectivity index (χ0) is 17.3. The van der Waals surface area contributed by atoms with Gasteiger partial charge in [0.25, 0.3) is 0 Å². The van der Waals surface area contributed by atoms with E-state index in [1.165, 1.54) is 0 Å². The summed E-state index contributed by atoms with van der Waals surface area (Å²) in [5.74, 6) is -0.651. The Morgan fingerprint density at radius 3 is 2.39 bits per heavy atom. The van der Waals surface area contributed by atoms with Crippen molar-refractivity contribution < 1.29 is 23.1 Å². The van der Waals surface area contributed by atoms with Crippen LogP contribution in [0.4, 0.5) is 13.2 Å². The van der Waals surface area contributed by atoms with E-state index in [-0.39, 0.29) is 18.5 Å². The molecule has 1 aliphatic carbocycles. The summed E-state index contributed by atoms with van der Waals surface area (Å²) in [6, 6.07) is 9.17. The highest BCUT2D eigenvalue weighted by molar-refractivity contribution is 5.98. The molecule has 0 heterocycles. The SMILES string of the molecule is CC1(C)CC(=O)C(C(O)C(F)(F)F)=C(NCc2ccccc2)C1. The van der Waals surface area contributed by atoms with Crippen molar-refractivity contribution in [3.8, 4) is 0 Å². The van der Waals surface area contributed by atoms with E-state index in [1.54, 1.807) is 0 Å². The van der Waals surface area contributed by atoms with Crippen molar-refractivity contribution >= 4 is 5.78 Å². The monoisotopic (exact) mass is 327 g/mol. The van der Waals surface area contributed by atoms with Gasteiger partial charge in [-0.1, -0.05) is 44.2 Å². The average molecular weight is 327 g/mol. The second-order valence-corrected chi connectivity index (χ2v) is 6.62. The second kappa shape index (κ2) is 6.35. The molecule has 0 fully saturated rings.